The highest BCUT2D eigenvalue weighted by molar-refractivity contribution is 5.80. The number of carbonyl (C=O) groups is 2. The highest BCUT2D eigenvalue weighted by Crippen LogP contribution is 2.12. The van der Waals surface area contributed by atoms with E-state index in [9.17, 15) is 18.4 Å². The second kappa shape index (κ2) is 28.4. The quantitative estimate of drug-likeness (QED) is 0.166. The van der Waals surface area contributed by atoms with Gasteiger partial charge in [-0.15, -0.1) is 0 Å². The Morgan fingerprint density at radius 2 is 1.57 bits per heavy atom. The first-order chi connectivity index (χ1) is 20.1. The minimum atomic E-state index is -0.521. The zero-order valence-corrected chi connectivity index (χ0v) is 27.1. The van der Waals surface area contributed by atoms with Crippen LogP contribution in [0.3, 0.4) is 0 Å². The van der Waals surface area contributed by atoms with E-state index < -0.39 is 11.6 Å². The van der Waals surface area contributed by atoms with E-state index in [0.717, 1.165) is 44.8 Å². The Morgan fingerprint density at radius 3 is 2.00 bits per heavy atom. The van der Waals surface area contributed by atoms with Crippen molar-refractivity contribution in [2.45, 2.75) is 86.1 Å². The van der Waals surface area contributed by atoms with Crippen LogP contribution in [0.25, 0.3) is 0 Å². The minimum Gasteiger partial charge on any atom is -0.396 e. The molecule has 0 aliphatic carbocycles. The lowest BCUT2D eigenvalue weighted by atomic mass is 10.0. The van der Waals surface area contributed by atoms with Crippen LogP contribution in [0, 0.1) is 24.5 Å². The molecule has 6 nitrogen and oxygen atoms in total. The van der Waals surface area contributed by atoms with Crippen molar-refractivity contribution in [2.24, 2.45) is 5.92 Å². The lowest BCUT2D eigenvalue weighted by Gasteiger charge is -2.27. The Labute approximate surface area is 254 Å². The summed E-state index contributed by atoms with van der Waals surface area (Å²) in [4.78, 5) is 25.2. The summed E-state index contributed by atoms with van der Waals surface area (Å²) in [7, 11) is 1.99. The third-order valence-corrected chi connectivity index (χ3v) is 5.81. The number of aryl methyl sites for hydroxylation is 2. The number of halogens is 2. The molecule has 1 atom stereocenters. The molecule has 0 unspecified atom stereocenters. The molecule has 2 aromatic carbocycles. The van der Waals surface area contributed by atoms with Crippen molar-refractivity contribution in [3.8, 4) is 0 Å². The number of hydrogen-bond donors (Lipinski definition) is 3. The fraction of sp³-hybridized carbons (Fsp3) is 0.588. The second-order valence-corrected chi connectivity index (χ2v) is 10.4. The molecule has 0 fully saturated rings. The monoisotopic (exact) mass is 593 g/mol. The number of benzene rings is 2. The van der Waals surface area contributed by atoms with E-state index in [2.05, 4.69) is 17.6 Å². The summed E-state index contributed by atoms with van der Waals surface area (Å²) < 4.78 is 24.4. The van der Waals surface area contributed by atoms with Gasteiger partial charge in [0.25, 0.3) is 0 Å². The summed E-state index contributed by atoms with van der Waals surface area (Å²) in [6.07, 6.45) is 6.26. The molecular formula is C34H57F2N3O3. The average molecular weight is 594 g/mol. The molecule has 0 bridgehead atoms. The largest absolute Gasteiger partial charge is 0.396 e. The molecule has 0 spiro atoms. The number of nitrogens with one attached hydrogen (secondary N) is 2. The van der Waals surface area contributed by atoms with E-state index in [0.29, 0.717) is 37.5 Å². The zero-order chi connectivity index (χ0) is 32.2. The fourth-order valence-corrected chi connectivity index (χ4v) is 3.70. The van der Waals surface area contributed by atoms with E-state index >= 15 is 0 Å². The number of carbonyl (C=O) groups excluding carboxylic acids is 2. The first-order valence-electron chi connectivity index (χ1n) is 15.3. The molecule has 0 heterocycles. The molecule has 0 saturated heterocycles. The number of hydrogen-bond acceptors (Lipinski definition) is 5. The van der Waals surface area contributed by atoms with Crippen molar-refractivity contribution in [3.05, 3.63) is 71.3 Å². The maximum Gasteiger partial charge on any atom is 0.223 e. The summed E-state index contributed by atoms with van der Waals surface area (Å²) in [5, 5.41) is 14.3. The molecule has 0 radical (unpaired) electrons. The second-order valence-electron chi connectivity index (χ2n) is 10.4. The molecule has 0 aliphatic heterocycles. The third kappa shape index (κ3) is 24.0. The Hall–Kier alpha value is -2.68. The van der Waals surface area contributed by atoms with E-state index in [4.69, 9.17) is 5.11 Å². The number of aldehydes is 1. The molecule has 2 rings (SSSR count). The predicted molar refractivity (Wildman–Crippen MR) is 172 cm³/mol. The van der Waals surface area contributed by atoms with Crippen LogP contribution >= 0.6 is 0 Å². The fourth-order valence-electron chi connectivity index (χ4n) is 3.70. The number of nitrogens with zero attached hydrogens (tertiary/aromatic N) is 1. The van der Waals surface area contributed by atoms with Gasteiger partial charge in [-0.25, -0.2) is 8.78 Å². The number of aliphatic hydroxyl groups is 1. The SMILES string of the molecule is CCCNCCCNC.CCCO.CCN(C(=O)CC(C)C)[C@H](C=O)CCc1ccccc1.Cc1cc(F)cc(F)c1. The molecule has 8 heteroatoms. The van der Waals surface area contributed by atoms with Gasteiger partial charge < -0.3 is 25.4 Å². The molecule has 2 aromatic rings. The van der Waals surface area contributed by atoms with Gasteiger partial charge in [-0.3, -0.25) is 4.79 Å². The summed E-state index contributed by atoms with van der Waals surface area (Å²) in [6.45, 7) is 16.1. The number of rotatable bonds is 15. The lowest BCUT2D eigenvalue weighted by molar-refractivity contribution is -0.137. The number of likely N-dealkylation sites (N-methyl/N-ethyl adjacent to an activating group) is 1. The van der Waals surface area contributed by atoms with Crippen LogP contribution < -0.4 is 10.6 Å². The number of aliphatic hydroxyl groups excluding tert-OH is 1. The highest BCUT2D eigenvalue weighted by Gasteiger charge is 2.22. The Bertz CT molecular complexity index is 856. The van der Waals surface area contributed by atoms with Crippen molar-refractivity contribution < 1.29 is 23.5 Å². The Kier molecular flexibility index (Phi) is 28.1. The molecular weight excluding hydrogens is 536 g/mol. The summed E-state index contributed by atoms with van der Waals surface area (Å²) in [5.41, 5.74) is 1.80. The van der Waals surface area contributed by atoms with Gasteiger partial charge in [-0.05, 0) is 102 Å². The summed E-state index contributed by atoms with van der Waals surface area (Å²) in [5.74, 6) is -0.648. The first-order valence-corrected chi connectivity index (χ1v) is 15.3. The van der Waals surface area contributed by atoms with Crippen molar-refractivity contribution in [1.82, 2.24) is 15.5 Å². The molecule has 0 aliphatic rings. The van der Waals surface area contributed by atoms with Gasteiger partial charge in [0.15, 0.2) is 0 Å². The lowest BCUT2D eigenvalue weighted by Crippen LogP contribution is -2.42. The molecule has 240 valence electrons. The van der Waals surface area contributed by atoms with Crippen LogP contribution in [-0.4, -0.2) is 68.1 Å². The van der Waals surface area contributed by atoms with Crippen molar-refractivity contribution in [3.63, 3.8) is 0 Å². The maximum absolute atomic E-state index is 12.2. The minimum absolute atomic E-state index is 0.0765. The van der Waals surface area contributed by atoms with Gasteiger partial charge in [0.2, 0.25) is 5.91 Å². The van der Waals surface area contributed by atoms with Crippen LogP contribution in [0.15, 0.2) is 48.5 Å². The smallest absolute Gasteiger partial charge is 0.223 e. The maximum atomic E-state index is 12.2. The number of amides is 1. The van der Waals surface area contributed by atoms with Crippen LogP contribution in [0.5, 0.6) is 0 Å². The van der Waals surface area contributed by atoms with Gasteiger partial charge in [0.1, 0.15) is 17.9 Å². The van der Waals surface area contributed by atoms with Gasteiger partial charge in [0, 0.05) is 25.6 Å². The van der Waals surface area contributed by atoms with E-state index in [-0.39, 0.29) is 11.9 Å². The van der Waals surface area contributed by atoms with E-state index in [1.54, 1.807) is 11.8 Å². The normalized spacial score (nSPS) is 10.7. The van der Waals surface area contributed by atoms with Crippen molar-refractivity contribution in [1.29, 1.82) is 0 Å². The highest BCUT2D eigenvalue weighted by atomic mass is 19.1. The first kappa shape index (κ1) is 41.5. The average Bonchev–Trinajstić information content (AvgIpc) is 2.95. The topological polar surface area (TPSA) is 81.7 Å². The van der Waals surface area contributed by atoms with Crippen LogP contribution in [0.4, 0.5) is 8.78 Å². The van der Waals surface area contributed by atoms with E-state index in [1.165, 1.54) is 30.5 Å². The third-order valence-electron chi connectivity index (χ3n) is 5.81. The Balaban J connectivity index is 0. The molecule has 0 aromatic heterocycles. The van der Waals surface area contributed by atoms with Gasteiger partial charge in [-0.1, -0.05) is 58.0 Å². The molecule has 3 N–H and O–H groups in total. The van der Waals surface area contributed by atoms with Crippen LogP contribution in [-0.2, 0) is 16.0 Å². The van der Waals surface area contributed by atoms with Crippen molar-refractivity contribution >= 4 is 12.2 Å². The summed E-state index contributed by atoms with van der Waals surface area (Å²) in [6, 6.07) is 13.2. The molecule has 42 heavy (non-hydrogen) atoms. The van der Waals surface area contributed by atoms with Crippen molar-refractivity contribution in [2.75, 3.05) is 39.8 Å². The van der Waals surface area contributed by atoms with Gasteiger partial charge in [-0.2, -0.15) is 0 Å². The van der Waals surface area contributed by atoms with Gasteiger partial charge >= 0.3 is 0 Å². The zero-order valence-electron chi connectivity index (χ0n) is 27.1. The van der Waals surface area contributed by atoms with Gasteiger partial charge in [0.05, 0.1) is 6.04 Å². The standard InChI is InChI=1S/C17H25NO2.C7H6F2.C7H18N2.C3H8O/c1-4-18(17(20)12-14(2)3)16(13-19)11-10-15-8-6-5-7-9-15;1-5-2-6(8)4-7(9)3-5;1-3-5-9-7-4-6-8-2;1-2-3-4/h5-9,13-14,16H,4,10-12H2,1-3H3;2-4H,1H3;8-9H,3-7H2,1-2H3;4H,2-3H2,1H3/t16-;;;/m0.../s1. The van der Waals surface area contributed by atoms with E-state index in [1.807, 2.05) is 65.1 Å². The van der Waals surface area contributed by atoms with Crippen LogP contribution in [0.2, 0.25) is 0 Å². The van der Waals surface area contributed by atoms with Crippen LogP contribution in [0.1, 0.15) is 77.8 Å². The Morgan fingerprint density at radius 1 is 0.976 bits per heavy atom. The molecule has 0 saturated carbocycles. The molecule has 1 amide bonds. The predicted octanol–water partition coefficient (Wildman–Crippen LogP) is 6.34. The summed E-state index contributed by atoms with van der Waals surface area (Å²) >= 11 is 0.